The molecule has 1 aliphatic heterocycles. The lowest BCUT2D eigenvalue weighted by Crippen LogP contribution is -2.50. The van der Waals surface area contributed by atoms with E-state index in [4.69, 9.17) is 4.74 Å². The maximum atomic E-state index is 12.6. The van der Waals surface area contributed by atoms with Crippen LogP contribution in [0.4, 0.5) is 4.79 Å². The highest BCUT2D eigenvalue weighted by molar-refractivity contribution is 5.83. The lowest BCUT2D eigenvalue weighted by Gasteiger charge is -2.32. The zero-order chi connectivity index (χ0) is 15.3. The van der Waals surface area contributed by atoms with Crippen LogP contribution < -0.4 is 0 Å². The maximum absolute atomic E-state index is 12.6. The summed E-state index contributed by atoms with van der Waals surface area (Å²) in [7, 11) is 1.59. The fourth-order valence-corrected chi connectivity index (χ4v) is 2.63. The van der Waals surface area contributed by atoms with Crippen molar-refractivity contribution >= 4 is 12.0 Å². The van der Waals surface area contributed by atoms with Crippen LogP contribution in [0.25, 0.3) is 0 Å². The Labute approximate surface area is 120 Å². The van der Waals surface area contributed by atoms with E-state index in [-0.39, 0.29) is 11.9 Å². The molecular weight excluding hydrogens is 260 g/mol. The number of amides is 2. The molecule has 2 amide bonds. The SMILES string of the molecule is COCCN(CC(C)C)C(=O)N1CCC(C)C1C(=O)O. The van der Waals surface area contributed by atoms with Gasteiger partial charge in [0.05, 0.1) is 6.61 Å². The summed E-state index contributed by atoms with van der Waals surface area (Å²) in [5.74, 6) is -0.585. The molecule has 1 aliphatic rings. The molecule has 1 N–H and O–H groups in total. The second-order valence-electron chi connectivity index (χ2n) is 5.86. The second kappa shape index (κ2) is 7.47. The number of methoxy groups -OCH3 is 1. The minimum atomic E-state index is -0.917. The van der Waals surface area contributed by atoms with Gasteiger partial charge in [0.2, 0.25) is 0 Å². The van der Waals surface area contributed by atoms with Crippen LogP contribution in [0, 0.1) is 11.8 Å². The number of likely N-dealkylation sites (tertiary alicyclic amines) is 1. The molecule has 0 aromatic rings. The van der Waals surface area contributed by atoms with Crippen molar-refractivity contribution in [2.45, 2.75) is 33.2 Å². The third-order valence-electron chi connectivity index (χ3n) is 3.62. The topological polar surface area (TPSA) is 70.1 Å². The van der Waals surface area contributed by atoms with Crippen molar-refractivity contribution in [2.24, 2.45) is 11.8 Å². The van der Waals surface area contributed by atoms with Gasteiger partial charge in [0.15, 0.2) is 0 Å². The number of hydrogen-bond donors (Lipinski definition) is 1. The highest BCUT2D eigenvalue weighted by atomic mass is 16.5. The fourth-order valence-electron chi connectivity index (χ4n) is 2.63. The molecule has 20 heavy (non-hydrogen) atoms. The van der Waals surface area contributed by atoms with Crippen LogP contribution in [0.3, 0.4) is 0 Å². The number of rotatable bonds is 6. The molecule has 1 heterocycles. The lowest BCUT2D eigenvalue weighted by atomic mass is 10.0. The molecule has 0 radical (unpaired) electrons. The van der Waals surface area contributed by atoms with E-state index in [1.807, 2.05) is 20.8 Å². The van der Waals surface area contributed by atoms with Crippen LogP contribution >= 0.6 is 0 Å². The highest BCUT2D eigenvalue weighted by Crippen LogP contribution is 2.25. The van der Waals surface area contributed by atoms with E-state index >= 15 is 0 Å². The van der Waals surface area contributed by atoms with Gasteiger partial charge < -0.3 is 19.6 Å². The fraction of sp³-hybridized carbons (Fsp3) is 0.857. The summed E-state index contributed by atoms with van der Waals surface area (Å²) >= 11 is 0. The first-order valence-corrected chi connectivity index (χ1v) is 7.15. The monoisotopic (exact) mass is 286 g/mol. The van der Waals surface area contributed by atoms with E-state index in [2.05, 4.69) is 0 Å². The lowest BCUT2D eigenvalue weighted by molar-refractivity contribution is -0.142. The van der Waals surface area contributed by atoms with Crippen molar-refractivity contribution in [1.29, 1.82) is 0 Å². The second-order valence-corrected chi connectivity index (χ2v) is 5.86. The van der Waals surface area contributed by atoms with Crippen LogP contribution in [0.2, 0.25) is 0 Å². The molecule has 1 rings (SSSR count). The molecule has 1 fully saturated rings. The predicted molar refractivity (Wildman–Crippen MR) is 75.6 cm³/mol. The summed E-state index contributed by atoms with van der Waals surface area (Å²) in [5, 5.41) is 9.31. The van der Waals surface area contributed by atoms with Gasteiger partial charge >= 0.3 is 12.0 Å². The van der Waals surface area contributed by atoms with Crippen molar-refractivity contribution in [3.63, 3.8) is 0 Å². The van der Waals surface area contributed by atoms with Crippen LogP contribution in [-0.2, 0) is 9.53 Å². The molecular formula is C14H26N2O4. The number of ether oxygens (including phenoxy) is 1. The zero-order valence-corrected chi connectivity index (χ0v) is 12.8. The van der Waals surface area contributed by atoms with Crippen LogP contribution in [0.5, 0.6) is 0 Å². The van der Waals surface area contributed by atoms with Gasteiger partial charge in [-0.05, 0) is 18.3 Å². The molecule has 0 aromatic heterocycles. The molecule has 0 saturated carbocycles. The molecule has 2 unspecified atom stereocenters. The van der Waals surface area contributed by atoms with Gasteiger partial charge in [0.25, 0.3) is 0 Å². The van der Waals surface area contributed by atoms with Crippen LogP contribution in [-0.4, -0.2) is 66.3 Å². The van der Waals surface area contributed by atoms with Gasteiger partial charge in [-0.3, -0.25) is 0 Å². The van der Waals surface area contributed by atoms with Crippen molar-refractivity contribution in [3.8, 4) is 0 Å². The molecule has 1 saturated heterocycles. The summed E-state index contributed by atoms with van der Waals surface area (Å²) in [5.41, 5.74) is 0. The molecule has 6 nitrogen and oxygen atoms in total. The Kier molecular flexibility index (Phi) is 6.26. The largest absolute Gasteiger partial charge is 0.480 e. The number of carbonyl (C=O) groups is 2. The molecule has 6 heteroatoms. The van der Waals surface area contributed by atoms with Gasteiger partial charge in [0.1, 0.15) is 6.04 Å². The average Bonchev–Trinajstić information content (AvgIpc) is 2.75. The van der Waals surface area contributed by atoms with Crippen LogP contribution in [0.1, 0.15) is 27.2 Å². The van der Waals surface area contributed by atoms with Crippen LogP contribution in [0.15, 0.2) is 0 Å². The first-order valence-electron chi connectivity index (χ1n) is 7.15. The molecule has 0 aliphatic carbocycles. The van der Waals surface area contributed by atoms with Gasteiger partial charge in [0, 0.05) is 26.7 Å². The number of aliphatic carboxylic acids is 1. The van der Waals surface area contributed by atoms with E-state index in [1.165, 1.54) is 4.90 Å². The van der Waals surface area contributed by atoms with Crippen molar-refractivity contribution < 1.29 is 19.4 Å². The third-order valence-corrected chi connectivity index (χ3v) is 3.62. The Bertz CT molecular complexity index is 346. The minimum Gasteiger partial charge on any atom is -0.480 e. The number of nitrogens with zero attached hydrogens (tertiary/aromatic N) is 2. The number of carboxylic acids is 1. The summed E-state index contributed by atoms with van der Waals surface area (Å²) in [6.45, 7) is 8.03. The summed E-state index contributed by atoms with van der Waals surface area (Å²) in [6.07, 6.45) is 0.739. The van der Waals surface area contributed by atoms with Gasteiger partial charge in [-0.1, -0.05) is 20.8 Å². The Hall–Kier alpha value is -1.30. The smallest absolute Gasteiger partial charge is 0.326 e. The van der Waals surface area contributed by atoms with E-state index in [1.54, 1.807) is 12.0 Å². The summed E-state index contributed by atoms with van der Waals surface area (Å²) < 4.78 is 5.03. The first kappa shape index (κ1) is 16.8. The summed E-state index contributed by atoms with van der Waals surface area (Å²) in [4.78, 5) is 27.1. The van der Waals surface area contributed by atoms with E-state index in [0.717, 1.165) is 6.42 Å². The van der Waals surface area contributed by atoms with Crippen molar-refractivity contribution in [1.82, 2.24) is 9.80 Å². The Morgan fingerprint density at radius 1 is 1.45 bits per heavy atom. The number of hydrogen-bond acceptors (Lipinski definition) is 3. The number of carboxylic acid groups (broad SMARTS) is 1. The maximum Gasteiger partial charge on any atom is 0.326 e. The van der Waals surface area contributed by atoms with E-state index < -0.39 is 12.0 Å². The third kappa shape index (κ3) is 4.10. The highest BCUT2D eigenvalue weighted by Gasteiger charge is 2.41. The van der Waals surface area contributed by atoms with Gasteiger partial charge in [-0.25, -0.2) is 9.59 Å². The zero-order valence-electron chi connectivity index (χ0n) is 12.8. The number of urea groups is 1. The van der Waals surface area contributed by atoms with Crippen molar-refractivity contribution in [3.05, 3.63) is 0 Å². The Morgan fingerprint density at radius 3 is 2.60 bits per heavy atom. The predicted octanol–water partition coefficient (Wildman–Crippen LogP) is 1.51. The quantitative estimate of drug-likeness (QED) is 0.803. The molecule has 116 valence electrons. The molecule has 0 aromatic carbocycles. The van der Waals surface area contributed by atoms with E-state index in [0.29, 0.717) is 32.2 Å². The Morgan fingerprint density at radius 2 is 2.10 bits per heavy atom. The molecule has 0 bridgehead atoms. The molecule has 0 spiro atoms. The average molecular weight is 286 g/mol. The number of carbonyl (C=O) groups excluding carboxylic acids is 1. The Balaban J connectivity index is 2.79. The van der Waals surface area contributed by atoms with E-state index in [9.17, 15) is 14.7 Å². The summed E-state index contributed by atoms with van der Waals surface area (Å²) in [6, 6.07) is -0.896. The molecule has 2 atom stereocenters. The minimum absolute atomic E-state index is 0.000208. The first-order chi connectivity index (χ1) is 9.38. The van der Waals surface area contributed by atoms with Gasteiger partial charge in [-0.15, -0.1) is 0 Å². The van der Waals surface area contributed by atoms with Crippen molar-refractivity contribution in [2.75, 3.05) is 33.4 Å². The normalized spacial score (nSPS) is 22.4. The standard InChI is InChI=1S/C14H26N2O4/c1-10(2)9-15(7-8-20-4)14(19)16-6-5-11(3)12(16)13(17)18/h10-12H,5-9H2,1-4H3,(H,17,18). The van der Waals surface area contributed by atoms with Gasteiger partial charge in [-0.2, -0.15) is 0 Å².